The minimum absolute atomic E-state index is 0.289. The Morgan fingerprint density at radius 1 is 1.05 bits per heavy atom. The van der Waals surface area contributed by atoms with Gasteiger partial charge in [-0.3, -0.25) is 0 Å². The van der Waals surface area contributed by atoms with Crippen LogP contribution in [0.15, 0.2) is 36.7 Å². The number of esters is 1. The zero-order valence-corrected chi connectivity index (χ0v) is 12.5. The zero-order chi connectivity index (χ0) is 15.1. The van der Waals surface area contributed by atoms with E-state index in [0.717, 1.165) is 30.4 Å². The summed E-state index contributed by atoms with van der Waals surface area (Å²) in [6, 6.07) is 7.18. The topological polar surface area (TPSA) is 52.1 Å². The van der Waals surface area contributed by atoms with Crippen molar-refractivity contribution in [2.45, 2.75) is 33.1 Å². The first-order chi connectivity index (χ1) is 10.2. The van der Waals surface area contributed by atoms with Gasteiger partial charge in [0.1, 0.15) is 0 Å². The Morgan fingerprint density at radius 2 is 1.71 bits per heavy atom. The number of rotatable bonds is 6. The average Bonchev–Trinajstić information content (AvgIpc) is 2.54. The van der Waals surface area contributed by atoms with Crippen LogP contribution in [0.3, 0.4) is 0 Å². The number of hydrogen-bond donors (Lipinski definition) is 0. The van der Waals surface area contributed by atoms with Crippen molar-refractivity contribution in [3.8, 4) is 11.4 Å². The normalized spacial score (nSPS) is 10.4. The molecule has 0 radical (unpaired) electrons. The van der Waals surface area contributed by atoms with Crippen LogP contribution >= 0.6 is 0 Å². The van der Waals surface area contributed by atoms with Crippen molar-refractivity contribution in [3.63, 3.8) is 0 Å². The molecule has 1 heterocycles. The predicted octanol–water partition coefficient (Wildman–Crippen LogP) is 3.66. The van der Waals surface area contributed by atoms with E-state index in [2.05, 4.69) is 16.9 Å². The molecule has 0 amide bonds. The fourth-order valence-electron chi connectivity index (χ4n) is 1.96. The van der Waals surface area contributed by atoms with Gasteiger partial charge in [0.25, 0.3) is 0 Å². The number of carbonyl (C=O) groups is 1. The minimum Gasteiger partial charge on any atom is -0.462 e. The maximum Gasteiger partial charge on any atom is 0.338 e. The highest BCUT2D eigenvalue weighted by Crippen LogP contribution is 2.16. The molecule has 0 atom stereocenters. The molecule has 1 aromatic carbocycles. The summed E-state index contributed by atoms with van der Waals surface area (Å²) in [5.74, 6) is 0.381. The van der Waals surface area contributed by atoms with Gasteiger partial charge < -0.3 is 4.74 Å². The number of aromatic nitrogens is 2. The van der Waals surface area contributed by atoms with E-state index in [9.17, 15) is 4.79 Å². The van der Waals surface area contributed by atoms with Gasteiger partial charge in [-0.2, -0.15) is 0 Å². The number of benzene rings is 1. The highest BCUT2D eigenvalue weighted by atomic mass is 16.5. The maximum atomic E-state index is 11.7. The van der Waals surface area contributed by atoms with Crippen LogP contribution in [0.1, 0.15) is 42.6 Å². The molecule has 0 N–H and O–H groups in total. The Kier molecular flexibility index (Phi) is 5.43. The van der Waals surface area contributed by atoms with E-state index in [4.69, 9.17) is 4.74 Å². The van der Waals surface area contributed by atoms with Gasteiger partial charge in [0, 0.05) is 18.0 Å². The van der Waals surface area contributed by atoms with Gasteiger partial charge >= 0.3 is 5.97 Å². The van der Waals surface area contributed by atoms with Crippen LogP contribution in [0, 0.1) is 0 Å². The second-order valence-electron chi connectivity index (χ2n) is 4.88. The van der Waals surface area contributed by atoms with Crippen molar-refractivity contribution in [1.82, 2.24) is 9.97 Å². The lowest BCUT2D eigenvalue weighted by molar-refractivity contribution is 0.0505. The third-order valence-corrected chi connectivity index (χ3v) is 3.06. The SMILES string of the molecule is CCCOC(=O)c1ccc(-c2ncc(CCC)cn2)cc1. The summed E-state index contributed by atoms with van der Waals surface area (Å²) in [5, 5.41) is 0. The number of ether oxygens (including phenoxy) is 1. The van der Waals surface area contributed by atoms with Crippen molar-refractivity contribution in [2.75, 3.05) is 6.61 Å². The highest BCUT2D eigenvalue weighted by Gasteiger charge is 2.08. The largest absolute Gasteiger partial charge is 0.462 e. The number of carbonyl (C=O) groups excluding carboxylic acids is 1. The molecule has 0 saturated heterocycles. The van der Waals surface area contributed by atoms with Crippen LogP contribution in [-0.2, 0) is 11.2 Å². The quantitative estimate of drug-likeness (QED) is 0.760. The Morgan fingerprint density at radius 3 is 2.29 bits per heavy atom. The van der Waals surface area contributed by atoms with Gasteiger partial charge in [-0.05, 0) is 30.5 Å². The standard InChI is InChI=1S/C17H20N2O2/c1-3-5-13-11-18-16(19-12-13)14-6-8-15(9-7-14)17(20)21-10-4-2/h6-9,11-12H,3-5,10H2,1-2H3. The fraction of sp³-hybridized carbons (Fsp3) is 0.353. The highest BCUT2D eigenvalue weighted by molar-refractivity contribution is 5.89. The first kappa shape index (κ1) is 15.2. The summed E-state index contributed by atoms with van der Waals surface area (Å²) < 4.78 is 5.10. The smallest absolute Gasteiger partial charge is 0.338 e. The number of aryl methyl sites for hydroxylation is 1. The van der Waals surface area contributed by atoms with E-state index in [1.165, 1.54) is 0 Å². The third kappa shape index (κ3) is 4.12. The summed E-state index contributed by atoms with van der Waals surface area (Å²) in [6.07, 6.45) is 6.60. The first-order valence-electron chi connectivity index (χ1n) is 7.33. The third-order valence-electron chi connectivity index (χ3n) is 3.06. The number of nitrogens with zero attached hydrogens (tertiary/aromatic N) is 2. The lowest BCUT2D eigenvalue weighted by Crippen LogP contribution is -2.05. The summed E-state index contributed by atoms with van der Waals surface area (Å²) in [4.78, 5) is 20.4. The van der Waals surface area contributed by atoms with Crippen molar-refractivity contribution in [3.05, 3.63) is 47.8 Å². The lowest BCUT2D eigenvalue weighted by atomic mass is 10.1. The molecule has 0 aliphatic rings. The molecule has 0 aliphatic heterocycles. The van der Waals surface area contributed by atoms with Crippen molar-refractivity contribution >= 4 is 5.97 Å². The molecule has 2 aromatic rings. The monoisotopic (exact) mass is 284 g/mol. The van der Waals surface area contributed by atoms with Gasteiger partial charge in [-0.1, -0.05) is 32.4 Å². The molecule has 1 aromatic heterocycles. The van der Waals surface area contributed by atoms with Gasteiger partial charge in [0.15, 0.2) is 5.82 Å². The van der Waals surface area contributed by atoms with Gasteiger partial charge in [0.05, 0.1) is 12.2 Å². The predicted molar refractivity (Wildman–Crippen MR) is 82.0 cm³/mol. The van der Waals surface area contributed by atoms with Crippen LogP contribution in [0.2, 0.25) is 0 Å². The molecular formula is C17H20N2O2. The molecule has 110 valence electrons. The maximum absolute atomic E-state index is 11.7. The zero-order valence-electron chi connectivity index (χ0n) is 12.5. The minimum atomic E-state index is -0.289. The Bertz CT molecular complexity index is 577. The molecule has 0 unspecified atom stereocenters. The average molecular weight is 284 g/mol. The van der Waals surface area contributed by atoms with Crippen molar-refractivity contribution in [1.29, 1.82) is 0 Å². The second-order valence-corrected chi connectivity index (χ2v) is 4.88. The molecule has 4 nitrogen and oxygen atoms in total. The molecule has 0 fully saturated rings. The van der Waals surface area contributed by atoms with E-state index in [1.54, 1.807) is 12.1 Å². The molecule has 0 spiro atoms. The van der Waals surface area contributed by atoms with E-state index < -0.39 is 0 Å². The van der Waals surface area contributed by atoms with Gasteiger partial charge in [-0.15, -0.1) is 0 Å². The molecule has 4 heteroatoms. The van der Waals surface area contributed by atoms with Crippen LogP contribution in [0.25, 0.3) is 11.4 Å². The molecule has 2 rings (SSSR count). The fourth-order valence-corrected chi connectivity index (χ4v) is 1.96. The van der Waals surface area contributed by atoms with Crippen LogP contribution in [-0.4, -0.2) is 22.5 Å². The lowest BCUT2D eigenvalue weighted by Gasteiger charge is -2.05. The first-order valence-corrected chi connectivity index (χ1v) is 7.33. The molecule has 21 heavy (non-hydrogen) atoms. The van der Waals surface area contributed by atoms with E-state index in [1.807, 2.05) is 31.5 Å². The Hall–Kier alpha value is -2.23. The van der Waals surface area contributed by atoms with E-state index in [-0.39, 0.29) is 5.97 Å². The summed E-state index contributed by atoms with van der Waals surface area (Å²) in [6.45, 7) is 4.54. The van der Waals surface area contributed by atoms with Crippen molar-refractivity contribution in [2.24, 2.45) is 0 Å². The van der Waals surface area contributed by atoms with E-state index >= 15 is 0 Å². The number of hydrogen-bond acceptors (Lipinski definition) is 4. The Balaban J connectivity index is 2.09. The summed E-state index contributed by atoms with van der Waals surface area (Å²) in [7, 11) is 0. The molecule has 0 bridgehead atoms. The molecular weight excluding hydrogens is 264 g/mol. The summed E-state index contributed by atoms with van der Waals surface area (Å²) >= 11 is 0. The second kappa shape index (κ2) is 7.53. The van der Waals surface area contributed by atoms with Crippen LogP contribution in [0.5, 0.6) is 0 Å². The summed E-state index contributed by atoms with van der Waals surface area (Å²) in [5.41, 5.74) is 2.58. The van der Waals surface area contributed by atoms with Gasteiger partial charge in [-0.25, -0.2) is 14.8 Å². The molecule has 0 aliphatic carbocycles. The van der Waals surface area contributed by atoms with Crippen LogP contribution < -0.4 is 0 Å². The van der Waals surface area contributed by atoms with Crippen molar-refractivity contribution < 1.29 is 9.53 Å². The Labute approximate surface area is 125 Å². The molecule has 0 saturated carbocycles. The van der Waals surface area contributed by atoms with Gasteiger partial charge in [0.2, 0.25) is 0 Å². The van der Waals surface area contributed by atoms with E-state index in [0.29, 0.717) is 18.0 Å². The van der Waals surface area contributed by atoms with Crippen LogP contribution in [0.4, 0.5) is 0 Å².